The number of aromatic nitrogens is 6. The maximum atomic E-state index is 6.74. The molecular formula is C72H62N8O2Pt2-4. The Kier molecular flexibility index (Phi) is 15.4. The number of ether oxygens (including phenoxy) is 2. The van der Waals surface area contributed by atoms with Crippen LogP contribution < -0.4 is 28.4 Å². The molecule has 10 nitrogen and oxygen atoms in total. The van der Waals surface area contributed by atoms with E-state index in [1.807, 2.05) is 0 Å². The van der Waals surface area contributed by atoms with Gasteiger partial charge in [-0.2, -0.15) is 35.4 Å². The summed E-state index contributed by atoms with van der Waals surface area (Å²) in [6.45, 7) is 17.4. The minimum absolute atomic E-state index is 0. The Morgan fingerprint density at radius 1 is 0.405 bits per heavy atom. The van der Waals surface area contributed by atoms with Crippen molar-refractivity contribution < 1.29 is 60.7 Å². The molecule has 0 atom stereocenters. The Balaban J connectivity index is 0.00000347. The molecule has 0 spiro atoms. The predicted octanol–water partition coefficient (Wildman–Crippen LogP) is 15.1. The monoisotopic (exact) mass is 1460 g/mol. The molecule has 8 aromatic carbocycles. The maximum Gasteiger partial charge on any atom is 0.268 e. The molecule has 4 aromatic heterocycles. The number of fused-ring (bicyclic) bond motifs is 4. The van der Waals surface area contributed by atoms with Crippen molar-refractivity contribution in [1.82, 2.24) is 19.1 Å². The van der Waals surface area contributed by atoms with Crippen LogP contribution in [0.3, 0.4) is 0 Å². The zero-order valence-electron chi connectivity index (χ0n) is 47.8. The van der Waals surface area contributed by atoms with Gasteiger partial charge in [0.1, 0.15) is 0 Å². The first-order valence-electron chi connectivity index (χ1n) is 28.6. The second-order valence-corrected chi connectivity index (χ2v) is 23.8. The zero-order chi connectivity index (χ0) is 55.7. The summed E-state index contributed by atoms with van der Waals surface area (Å²) in [5, 5.41) is 4.83. The first-order valence-corrected chi connectivity index (χ1v) is 28.6. The molecule has 0 N–H and O–H groups in total. The van der Waals surface area contributed by atoms with E-state index in [-0.39, 0.29) is 53.0 Å². The summed E-state index contributed by atoms with van der Waals surface area (Å²) in [4.78, 5) is 14.5. The van der Waals surface area contributed by atoms with Crippen molar-refractivity contribution in [2.75, 3.05) is 36.0 Å². The van der Waals surface area contributed by atoms with E-state index in [2.05, 4.69) is 252 Å². The van der Waals surface area contributed by atoms with Gasteiger partial charge in [0.05, 0.1) is 44.8 Å². The van der Waals surface area contributed by atoms with E-state index in [0.29, 0.717) is 34.4 Å². The van der Waals surface area contributed by atoms with Gasteiger partial charge in [-0.15, -0.1) is 47.8 Å². The maximum absolute atomic E-state index is 6.74. The van der Waals surface area contributed by atoms with Crippen LogP contribution in [0, 0.1) is 36.9 Å². The number of imidazole rings is 2. The van der Waals surface area contributed by atoms with Crippen LogP contribution in [-0.2, 0) is 53.0 Å². The second-order valence-electron chi connectivity index (χ2n) is 23.8. The molecule has 0 saturated carbocycles. The molecule has 12 aromatic rings. The van der Waals surface area contributed by atoms with Gasteiger partial charge in [0.2, 0.25) is 0 Å². The van der Waals surface area contributed by atoms with Crippen molar-refractivity contribution in [3.05, 3.63) is 218 Å². The van der Waals surface area contributed by atoms with Gasteiger partial charge in [-0.1, -0.05) is 139 Å². The Hall–Kier alpha value is -7.90. The molecule has 0 unspecified atom stereocenters. The third-order valence-corrected chi connectivity index (χ3v) is 16.1. The van der Waals surface area contributed by atoms with E-state index in [0.717, 1.165) is 82.1 Å². The summed E-state index contributed by atoms with van der Waals surface area (Å²) in [7, 11) is 0. The van der Waals surface area contributed by atoms with Crippen LogP contribution in [0.2, 0.25) is 0 Å². The Morgan fingerprint density at radius 3 is 1.14 bits per heavy atom. The van der Waals surface area contributed by atoms with E-state index in [9.17, 15) is 0 Å². The molecule has 84 heavy (non-hydrogen) atoms. The fraction of sp³-hybridized carbons (Fsp3) is 0.222. The van der Waals surface area contributed by atoms with E-state index >= 15 is 0 Å². The molecule has 426 valence electrons. The number of hydrogen-bond acceptors (Lipinski definition) is 6. The standard InChI is InChI=1S/C72H62N8O2.2Pt/c1-71(2,3)53-39-55(77-47-79(65-25-13-11-23-63(65)77)69-37-51-21-9-7-19-49(51)35-67(69)75-31-15-16-32-75)43-59(41-53)81-57-27-29-73-61(45-57)62-46-58(28-30-74-62)82-60-42-54(72(4,5)6)40-56(44-60)78-48-80(66-26-14-12-24-64(66)78)70-38-52-22-10-8-20-50(52)36-68(70)76-33-17-18-34-76;;/h7-14,19-30,35-42H,15-18,31-34H2,1-6H3;;/q-4;;. The SMILES string of the molecule is CC(C)(C)c1cc(Oc2[c-]c(-c3[c-]c(Oc4[c-]c(-[n+]5[c-]n(-c6cc7ccccc7cc6N6CCCC6)c6ccccc65)cc(C(C)(C)C)c4)ccn3)ncc2)[c-]c(-[n+]2[c-]n(-c3cc4ccccc4cc3N3CCCC3)c3ccccc32)c1.[Pt].[Pt]. The molecule has 0 aliphatic carbocycles. The summed E-state index contributed by atoms with van der Waals surface area (Å²) < 4.78 is 22.1. The molecular weight excluding hydrogens is 1400 g/mol. The first-order chi connectivity index (χ1) is 39.8. The molecule has 2 fully saturated rings. The normalized spacial score (nSPS) is 13.7. The summed E-state index contributed by atoms with van der Waals surface area (Å²) in [6.07, 6.45) is 15.7. The third kappa shape index (κ3) is 11.0. The van der Waals surface area contributed by atoms with E-state index in [1.54, 1.807) is 24.5 Å². The molecule has 0 bridgehead atoms. The van der Waals surface area contributed by atoms with E-state index in [1.165, 1.54) is 58.6 Å². The summed E-state index contributed by atoms with van der Waals surface area (Å²) in [6, 6.07) is 69.7. The quantitative estimate of drug-likeness (QED) is 0.0949. The number of para-hydroxylation sites is 4. The van der Waals surface area contributed by atoms with Crippen molar-refractivity contribution >= 4 is 55.0 Å². The van der Waals surface area contributed by atoms with Crippen LogP contribution in [0.4, 0.5) is 11.4 Å². The third-order valence-electron chi connectivity index (χ3n) is 16.1. The first kappa shape index (κ1) is 56.6. The molecule has 2 saturated heterocycles. The molecule has 14 rings (SSSR count). The molecule has 2 aliphatic heterocycles. The fourth-order valence-corrected chi connectivity index (χ4v) is 11.7. The number of hydrogen-bond donors (Lipinski definition) is 0. The Morgan fingerprint density at radius 2 is 0.762 bits per heavy atom. The average molecular weight is 1460 g/mol. The summed E-state index contributed by atoms with van der Waals surface area (Å²) in [5.41, 5.74) is 13.0. The smallest absolute Gasteiger partial charge is 0.268 e. The predicted molar refractivity (Wildman–Crippen MR) is 326 cm³/mol. The van der Waals surface area contributed by atoms with Gasteiger partial charge in [0.25, 0.3) is 12.7 Å². The van der Waals surface area contributed by atoms with Gasteiger partial charge in [-0.25, -0.2) is 0 Å². The minimum atomic E-state index is -0.218. The zero-order valence-corrected chi connectivity index (χ0v) is 52.4. The molecule has 0 amide bonds. The molecule has 12 heteroatoms. The number of pyridine rings is 2. The van der Waals surface area contributed by atoms with Gasteiger partial charge in [0, 0.05) is 91.3 Å². The van der Waals surface area contributed by atoms with E-state index < -0.39 is 0 Å². The van der Waals surface area contributed by atoms with Gasteiger partial charge in [-0.05, 0) is 106 Å². The van der Waals surface area contributed by atoms with Crippen molar-refractivity contribution in [3.8, 4) is 57.1 Å². The van der Waals surface area contributed by atoms with Crippen LogP contribution in [0.5, 0.6) is 23.0 Å². The number of rotatable bonds is 11. The fourth-order valence-electron chi connectivity index (χ4n) is 11.7. The summed E-state index contributed by atoms with van der Waals surface area (Å²) >= 11 is 0. The van der Waals surface area contributed by atoms with Crippen molar-refractivity contribution in [1.29, 1.82) is 0 Å². The number of benzene rings is 8. The number of anilines is 2. The topological polar surface area (TPSA) is 68.3 Å². The van der Waals surface area contributed by atoms with Crippen LogP contribution in [0.25, 0.3) is 77.7 Å². The Bertz CT molecular complexity index is 4150. The van der Waals surface area contributed by atoms with Crippen molar-refractivity contribution in [2.24, 2.45) is 0 Å². The van der Waals surface area contributed by atoms with Gasteiger partial charge in [-0.3, -0.25) is 9.13 Å². The van der Waals surface area contributed by atoms with Gasteiger partial charge < -0.3 is 38.4 Å². The van der Waals surface area contributed by atoms with E-state index in [4.69, 9.17) is 19.4 Å². The van der Waals surface area contributed by atoms with Crippen LogP contribution in [0.15, 0.2) is 170 Å². The minimum Gasteiger partial charge on any atom is -0.511 e. The van der Waals surface area contributed by atoms with Crippen LogP contribution in [0.1, 0.15) is 78.4 Å². The number of nitrogens with zero attached hydrogens (tertiary/aromatic N) is 8. The molecule has 2 aliphatic rings. The van der Waals surface area contributed by atoms with Crippen molar-refractivity contribution in [3.63, 3.8) is 0 Å². The summed E-state index contributed by atoms with van der Waals surface area (Å²) in [5.74, 6) is 2.00. The largest absolute Gasteiger partial charge is 0.511 e. The van der Waals surface area contributed by atoms with Crippen LogP contribution in [-0.4, -0.2) is 45.3 Å². The molecule has 6 heterocycles. The molecule has 0 radical (unpaired) electrons. The van der Waals surface area contributed by atoms with Gasteiger partial charge in [0.15, 0.2) is 0 Å². The van der Waals surface area contributed by atoms with Crippen molar-refractivity contribution in [2.45, 2.75) is 78.1 Å². The second kappa shape index (κ2) is 22.9. The van der Waals surface area contributed by atoms with Gasteiger partial charge >= 0.3 is 0 Å². The Labute approximate surface area is 520 Å². The van der Waals surface area contributed by atoms with Crippen LogP contribution >= 0.6 is 0 Å². The average Bonchev–Trinajstić information content (AvgIpc) is 1.99.